The zero-order valence-corrected chi connectivity index (χ0v) is 11.9. The van der Waals surface area contributed by atoms with E-state index in [4.69, 9.17) is 14.6 Å². The Morgan fingerprint density at radius 2 is 1.87 bits per heavy atom. The van der Waals surface area contributed by atoms with E-state index in [1.165, 1.54) is 17.4 Å². The van der Waals surface area contributed by atoms with Crippen molar-refractivity contribution in [2.75, 3.05) is 13.2 Å². The molecule has 23 heavy (non-hydrogen) atoms. The molecule has 1 aromatic carbocycles. The number of carboxylic acid groups (broad SMARTS) is 1. The Hall–Kier alpha value is -2.45. The number of carboxylic acids is 1. The summed E-state index contributed by atoms with van der Waals surface area (Å²) >= 11 is 0. The standard InChI is InChI=1S/C14H14F3NO5/c15-14(16,17)13(21)18-9(12(19)20)6-8-2-3-10-11(7-8)23-5-1-4-22-10/h2-3,7,9H,1,4-6H2,(H,18,21)(H,19,20). The fraction of sp³-hybridized carbons (Fsp3) is 0.429. The van der Waals surface area contributed by atoms with Crippen LogP contribution in [0.5, 0.6) is 11.5 Å². The first-order valence-corrected chi connectivity index (χ1v) is 6.76. The summed E-state index contributed by atoms with van der Waals surface area (Å²) in [5.74, 6) is -2.97. The molecule has 1 atom stereocenters. The van der Waals surface area contributed by atoms with Crippen molar-refractivity contribution < 1.29 is 37.3 Å². The van der Waals surface area contributed by atoms with Gasteiger partial charge in [-0.25, -0.2) is 4.79 Å². The first-order valence-electron chi connectivity index (χ1n) is 6.76. The minimum absolute atomic E-state index is 0.312. The van der Waals surface area contributed by atoms with Gasteiger partial charge in [-0.3, -0.25) is 4.79 Å². The molecular formula is C14H14F3NO5. The summed E-state index contributed by atoms with van der Waals surface area (Å²) < 4.78 is 47.6. The molecule has 0 saturated heterocycles. The number of hydrogen-bond acceptors (Lipinski definition) is 4. The van der Waals surface area contributed by atoms with Gasteiger partial charge in [0.05, 0.1) is 13.2 Å². The maximum atomic E-state index is 12.2. The first kappa shape index (κ1) is 16.9. The van der Waals surface area contributed by atoms with Crippen LogP contribution < -0.4 is 14.8 Å². The van der Waals surface area contributed by atoms with Gasteiger partial charge in [0.25, 0.3) is 0 Å². The lowest BCUT2D eigenvalue weighted by Gasteiger charge is -2.16. The predicted molar refractivity (Wildman–Crippen MR) is 71.4 cm³/mol. The van der Waals surface area contributed by atoms with Gasteiger partial charge in [0.15, 0.2) is 11.5 Å². The van der Waals surface area contributed by atoms with Crippen LogP contribution in [0.2, 0.25) is 0 Å². The zero-order chi connectivity index (χ0) is 17.0. The highest BCUT2D eigenvalue weighted by Crippen LogP contribution is 2.30. The number of ether oxygens (including phenoxy) is 2. The molecule has 2 rings (SSSR count). The molecule has 126 valence electrons. The number of halogens is 3. The minimum atomic E-state index is -5.14. The van der Waals surface area contributed by atoms with E-state index < -0.39 is 24.1 Å². The lowest BCUT2D eigenvalue weighted by molar-refractivity contribution is -0.175. The Bertz CT molecular complexity index is 603. The quantitative estimate of drug-likeness (QED) is 0.873. The van der Waals surface area contributed by atoms with Gasteiger partial charge < -0.3 is 19.9 Å². The number of carbonyl (C=O) groups is 2. The Morgan fingerprint density at radius 3 is 2.48 bits per heavy atom. The zero-order valence-electron chi connectivity index (χ0n) is 11.9. The van der Waals surface area contributed by atoms with E-state index in [0.717, 1.165) is 0 Å². The maximum absolute atomic E-state index is 12.2. The average molecular weight is 333 g/mol. The highest BCUT2D eigenvalue weighted by atomic mass is 19.4. The van der Waals surface area contributed by atoms with E-state index in [1.807, 2.05) is 0 Å². The second-order valence-electron chi connectivity index (χ2n) is 4.90. The minimum Gasteiger partial charge on any atom is -0.490 e. The summed E-state index contributed by atoms with van der Waals surface area (Å²) in [6.45, 7) is 0.898. The molecule has 0 saturated carbocycles. The Kier molecular flexibility index (Phi) is 4.97. The van der Waals surface area contributed by atoms with Crippen molar-refractivity contribution in [3.63, 3.8) is 0 Å². The molecule has 0 spiro atoms. The highest BCUT2D eigenvalue weighted by Gasteiger charge is 2.40. The van der Waals surface area contributed by atoms with Crippen molar-refractivity contribution in [2.24, 2.45) is 0 Å². The van der Waals surface area contributed by atoms with Crippen LogP contribution in [0.3, 0.4) is 0 Å². The molecule has 0 aromatic heterocycles. The van der Waals surface area contributed by atoms with Crippen LogP contribution in [0, 0.1) is 0 Å². The Morgan fingerprint density at radius 1 is 1.22 bits per heavy atom. The van der Waals surface area contributed by atoms with Crippen LogP contribution in [0.25, 0.3) is 0 Å². The number of benzene rings is 1. The predicted octanol–water partition coefficient (Wildman–Crippen LogP) is 1.52. The summed E-state index contributed by atoms with van der Waals surface area (Å²) in [5.41, 5.74) is 0.407. The average Bonchev–Trinajstić information content (AvgIpc) is 2.70. The normalized spacial score (nSPS) is 15.4. The second kappa shape index (κ2) is 6.76. The van der Waals surface area contributed by atoms with Gasteiger partial charge in [0, 0.05) is 12.8 Å². The molecule has 2 N–H and O–H groups in total. The van der Waals surface area contributed by atoms with E-state index in [1.54, 1.807) is 6.07 Å². The summed E-state index contributed by atoms with van der Waals surface area (Å²) in [4.78, 5) is 22.0. The van der Waals surface area contributed by atoms with Crippen molar-refractivity contribution in [1.29, 1.82) is 0 Å². The molecule has 1 aromatic rings. The third-order valence-corrected chi connectivity index (χ3v) is 3.11. The molecule has 1 aliphatic rings. The highest BCUT2D eigenvalue weighted by molar-refractivity contribution is 5.87. The number of alkyl halides is 3. The van der Waals surface area contributed by atoms with Crippen LogP contribution in [0.4, 0.5) is 13.2 Å². The largest absolute Gasteiger partial charge is 0.490 e. The van der Waals surface area contributed by atoms with Gasteiger partial charge in [-0.2, -0.15) is 13.2 Å². The molecule has 0 bridgehead atoms. The molecule has 1 aliphatic heterocycles. The van der Waals surface area contributed by atoms with E-state index in [2.05, 4.69) is 0 Å². The van der Waals surface area contributed by atoms with E-state index in [-0.39, 0.29) is 6.42 Å². The van der Waals surface area contributed by atoms with Crippen molar-refractivity contribution in [2.45, 2.75) is 25.1 Å². The van der Waals surface area contributed by atoms with Gasteiger partial charge in [-0.05, 0) is 17.7 Å². The lowest BCUT2D eigenvalue weighted by Crippen LogP contribution is -2.47. The molecular weight excluding hydrogens is 319 g/mol. The van der Waals surface area contributed by atoms with E-state index >= 15 is 0 Å². The summed E-state index contributed by atoms with van der Waals surface area (Å²) in [7, 11) is 0. The SMILES string of the molecule is O=C(O)C(Cc1ccc2c(c1)OCCCO2)NC(=O)C(F)(F)F. The van der Waals surface area contributed by atoms with Gasteiger partial charge >= 0.3 is 18.1 Å². The van der Waals surface area contributed by atoms with Gasteiger partial charge in [0.1, 0.15) is 6.04 Å². The number of hydrogen-bond donors (Lipinski definition) is 2. The maximum Gasteiger partial charge on any atom is 0.471 e. The van der Waals surface area contributed by atoms with Crippen molar-refractivity contribution in [3.05, 3.63) is 23.8 Å². The molecule has 6 nitrogen and oxygen atoms in total. The lowest BCUT2D eigenvalue weighted by atomic mass is 10.1. The number of amides is 1. The monoisotopic (exact) mass is 333 g/mol. The third-order valence-electron chi connectivity index (χ3n) is 3.11. The van der Waals surface area contributed by atoms with Gasteiger partial charge in [-0.1, -0.05) is 6.07 Å². The fourth-order valence-corrected chi connectivity index (χ4v) is 2.01. The molecule has 1 unspecified atom stereocenters. The first-order chi connectivity index (χ1) is 10.8. The van der Waals surface area contributed by atoms with Crippen molar-refractivity contribution >= 4 is 11.9 Å². The number of nitrogens with one attached hydrogen (secondary N) is 1. The Balaban J connectivity index is 2.12. The molecule has 1 amide bonds. The topological polar surface area (TPSA) is 84.9 Å². The summed E-state index contributed by atoms with van der Waals surface area (Å²) in [6.07, 6.45) is -4.77. The van der Waals surface area contributed by atoms with Crippen LogP contribution in [0.1, 0.15) is 12.0 Å². The van der Waals surface area contributed by atoms with E-state index in [9.17, 15) is 22.8 Å². The molecule has 1 heterocycles. The number of carbonyl (C=O) groups excluding carboxylic acids is 1. The molecule has 0 radical (unpaired) electrons. The smallest absolute Gasteiger partial charge is 0.471 e. The Labute approximate surface area is 129 Å². The van der Waals surface area contributed by atoms with Crippen molar-refractivity contribution in [1.82, 2.24) is 5.32 Å². The van der Waals surface area contributed by atoms with E-state index in [0.29, 0.717) is 36.7 Å². The third kappa shape index (κ3) is 4.51. The summed E-state index contributed by atoms with van der Waals surface area (Å²) in [6, 6.07) is 2.87. The number of rotatable bonds is 4. The van der Waals surface area contributed by atoms with Crippen LogP contribution >= 0.6 is 0 Å². The fourth-order valence-electron chi connectivity index (χ4n) is 2.01. The molecule has 0 aliphatic carbocycles. The van der Waals surface area contributed by atoms with Crippen LogP contribution in [-0.4, -0.2) is 42.4 Å². The molecule has 0 fully saturated rings. The second-order valence-corrected chi connectivity index (χ2v) is 4.90. The van der Waals surface area contributed by atoms with Crippen LogP contribution in [0.15, 0.2) is 18.2 Å². The van der Waals surface area contributed by atoms with Gasteiger partial charge in [-0.15, -0.1) is 0 Å². The number of fused-ring (bicyclic) bond motifs is 1. The number of aliphatic carboxylic acids is 1. The van der Waals surface area contributed by atoms with Crippen molar-refractivity contribution in [3.8, 4) is 11.5 Å². The summed E-state index contributed by atoms with van der Waals surface area (Å²) in [5, 5.41) is 10.5. The van der Waals surface area contributed by atoms with Crippen LogP contribution in [-0.2, 0) is 16.0 Å². The molecule has 9 heteroatoms. The van der Waals surface area contributed by atoms with Gasteiger partial charge in [0.2, 0.25) is 0 Å².